The van der Waals surface area contributed by atoms with E-state index < -0.39 is 20.2 Å². The Kier molecular flexibility index (Phi) is 10.8. The van der Waals surface area contributed by atoms with E-state index in [0.717, 1.165) is 16.8 Å². The summed E-state index contributed by atoms with van der Waals surface area (Å²) in [6, 6.07) is 38.4. The number of phenolic OH excluding ortho intramolecular Hbond substituents is 1. The normalized spacial score (nSPS) is 12.4. The molecule has 0 radical (unpaired) electrons. The van der Waals surface area contributed by atoms with Gasteiger partial charge in [0, 0.05) is 39.0 Å². The molecule has 0 saturated heterocycles. The predicted octanol–water partition coefficient (Wildman–Crippen LogP) is 12.7. The molecular weight excluding hydrogens is 819 g/mol. The van der Waals surface area contributed by atoms with Crippen LogP contribution in [-0.4, -0.2) is 38.2 Å². The smallest absolute Gasteiger partial charge is 0.295 e. The highest BCUT2D eigenvalue weighted by molar-refractivity contribution is 7.86. The van der Waals surface area contributed by atoms with Crippen LogP contribution in [0.2, 0.25) is 0 Å². The van der Waals surface area contributed by atoms with Crippen molar-refractivity contribution in [1.82, 2.24) is 0 Å². The lowest BCUT2D eigenvalue weighted by Gasteiger charge is -2.10. The largest absolute Gasteiger partial charge is 0.505 e. The first kappa shape index (κ1) is 40.3. The molecule has 61 heavy (non-hydrogen) atoms. The monoisotopic (exact) mass is 851 g/mol. The molecule has 0 spiro atoms. The van der Waals surface area contributed by atoms with Gasteiger partial charge in [0.25, 0.3) is 20.2 Å². The molecule has 0 aliphatic carbocycles. The summed E-state index contributed by atoms with van der Waals surface area (Å²) in [4.78, 5) is -0.575. The average molecular weight is 852 g/mol. The van der Waals surface area contributed by atoms with Gasteiger partial charge in [-0.15, -0.1) is 20.5 Å². The molecule has 0 aromatic heterocycles. The van der Waals surface area contributed by atoms with E-state index in [9.17, 15) is 31.0 Å². The summed E-state index contributed by atoms with van der Waals surface area (Å²) in [5.41, 5.74) is 4.42. The third-order valence-electron chi connectivity index (χ3n) is 9.68. The van der Waals surface area contributed by atoms with Crippen molar-refractivity contribution in [2.24, 2.45) is 30.7 Å². The van der Waals surface area contributed by atoms with Gasteiger partial charge in [0.2, 0.25) is 0 Å². The molecule has 0 bridgehead atoms. The quantitative estimate of drug-likeness (QED) is 0.0716. The van der Waals surface area contributed by atoms with Crippen LogP contribution in [0.4, 0.5) is 45.5 Å². The number of aromatic hydroxyl groups is 1. The van der Waals surface area contributed by atoms with Crippen molar-refractivity contribution >= 4 is 98.1 Å². The van der Waals surface area contributed by atoms with Crippen molar-refractivity contribution in [3.05, 3.63) is 145 Å². The number of aryl methyl sites for hydroxylation is 1. The second-order valence-corrected chi connectivity index (χ2v) is 16.5. The van der Waals surface area contributed by atoms with Gasteiger partial charge in [-0.2, -0.15) is 27.1 Å². The molecular formula is C44H33N7O8S2. The van der Waals surface area contributed by atoms with Gasteiger partial charge in [-0.25, -0.2) is 0 Å². The Morgan fingerprint density at radius 3 is 1.90 bits per heavy atom. The standard InChI is InChI=1S/C44H33N7O8S2/c1-26-21-41(42(59-2)25-40(26)50-46-31-13-15-33-27(23-31)7-6-10-43(33)61(56,57)58)51-47-37-19-20-38(36-24-32(60(53,54)55)14-17-35(36)37)48-49-39-18-11-28-22-30(12-16-34(28)44(39)52)45-29-8-4-3-5-9-29/h3-25,45,52H,1-2H3,(H,53,54,55)(H,56,57,58). The number of ether oxygens (including phenoxy) is 1. The van der Waals surface area contributed by atoms with Crippen LogP contribution in [-0.2, 0) is 20.2 Å². The SMILES string of the molecule is COc1cc(N=Nc2ccc3c(S(=O)(=O)O)cccc3c2)c(C)cc1N=Nc1ccc(N=Nc2ccc3cc(Nc4ccccc4)ccc3c2O)c2cc(S(=O)(=O)O)ccc12. The Labute approximate surface area is 348 Å². The zero-order chi connectivity index (χ0) is 42.9. The number of fused-ring (bicyclic) bond motifs is 3. The first-order valence-electron chi connectivity index (χ1n) is 18.3. The van der Waals surface area contributed by atoms with Gasteiger partial charge in [0.05, 0.1) is 34.8 Å². The molecule has 0 unspecified atom stereocenters. The predicted molar refractivity (Wildman–Crippen MR) is 233 cm³/mol. The Morgan fingerprint density at radius 1 is 0.508 bits per heavy atom. The number of nitrogens with one attached hydrogen (secondary N) is 1. The van der Waals surface area contributed by atoms with Crippen LogP contribution < -0.4 is 10.1 Å². The lowest BCUT2D eigenvalue weighted by Crippen LogP contribution is -1.98. The number of anilines is 2. The van der Waals surface area contributed by atoms with Crippen molar-refractivity contribution in [2.45, 2.75) is 16.7 Å². The first-order chi connectivity index (χ1) is 29.2. The average Bonchev–Trinajstić information content (AvgIpc) is 3.24. The van der Waals surface area contributed by atoms with E-state index in [1.807, 2.05) is 42.5 Å². The molecule has 15 nitrogen and oxygen atoms in total. The maximum atomic E-state index is 12.2. The summed E-state index contributed by atoms with van der Waals surface area (Å²) >= 11 is 0. The van der Waals surface area contributed by atoms with Gasteiger partial charge in [-0.3, -0.25) is 9.11 Å². The zero-order valence-electron chi connectivity index (χ0n) is 32.2. The van der Waals surface area contributed by atoms with E-state index >= 15 is 0 Å². The van der Waals surface area contributed by atoms with Gasteiger partial charge < -0.3 is 15.2 Å². The molecule has 17 heteroatoms. The molecule has 4 N–H and O–H groups in total. The van der Waals surface area contributed by atoms with E-state index in [0.29, 0.717) is 55.6 Å². The fourth-order valence-corrected chi connectivity index (χ4v) is 7.87. The van der Waals surface area contributed by atoms with E-state index in [2.05, 4.69) is 36.0 Å². The maximum Gasteiger partial charge on any atom is 0.295 e. The van der Waals surface area contributed by atoms with E-state index in [-0.39, 0.29) is 32.3 Å². The molecule has 8 rings (SSSR count). The minimum atomic E-state index is -4.59. The summed E-state index contributed by atoms with van der Waals surface area (Å²) in [5, 5.41) is 43.7. The van der Waals surface area contributed by atoms with Gasteiger partial charge in [-0.1, -0.05) is 48.5 Å². The highest BCUT2D eigenvalue weighted by Gasteiger charge is 2.17. The van der Waals surface area contributed by atoms with Crippen LogP contribution in [0.1, 0.15) is 5.56 Å². The van der Waals surface area contributed by atoms with Crippen molar-refractivity contribution in [1.29, 1.82) is 0 Å². The van der Waals surface area contributed by atoms with Gasteiger partial charge >= 0.3 is 0 Å². The minimum absolute atomic E-state index is 0.0943. The van der Waals surface area contributed by atoms with Crippen LogP contribution in [0, 0.1) is 6.92 Å². The molecule has 0 fully saturated rings. The van der Waals surface area contributed by atoms with Crippen LogP contribution in [0.15, 0.2) is 180 Å². The second-order valence-electron chi connectivity index (χ2n) is 13.7. The van der Waals surface area contributed by atoms with Crippen LogP contribution in [0.5, 0.6) is 11.5 Å². The van der Waals surface area contributed by atoms with Crippen molar-refractivity contribution in [2.75, 3.05) is 12.4 Å². The summed E-state index contributed by atoms with van der Waals surface area (Å²) in [5.74, 6) is 0.227. The molecule has 8 aromatic rings. The molecule has 0 aliphatic heterocycles. The number of nitrogens with zero attached hydrogens (tertiary/aromatic N) is 6. The van der Waals surface area contributed by atoms with E-state index in [4.69, 9.17) is 4.74 Å². The molecule has 0 atom stereocenters. The number of para-hydroxylation sites is 1. The fraction of sp³-hybridized carbons (Fsp3) is 0.0455. The fourth-order valence-electron chi connectivity index (χ4n) is 6.65. The Balaban J connectivity index is 1.08. The number of hydrogen-bond acceptors (Lipinski definition) is 13. The van der Waals surface area contributed by atoms with Crippen molar-refractivity contribution in [3.8, 4) is 11.5 Å². The molecule has 0 amide bonds. The highest BCUT2D eigenvalue weighted by atomic mass is 32.2. The Hall–Kier alpha value is -7.44. The Morgan fingerprint density at radius 2 is 1.16 bits per heavy atom. The third kappa shape index (κ3) is 8.66. The van der Waals surface area contributed by atoms with E-state index in [1.165, 1.54) is 37.4 Å². The summed E-state index contributed by atoms with van der Waals surface area (Å²) in [7, 11) is -7.55. The van der Waals surface area contributed by atoms with Crippen molar-refractivity contribution < 1.29 is 35.8 Å². The maximum absolute atomic E-state index is 12.2. The third-order valence-corrected chi connectivity index (χ3v) is 11.4. The lowest BCUT2D eigenvalue weighted by molar-refractivity contribution is 0.416. The number of rotatable bonds is 11. The number of phenols is 1. The van der Waals surface area contributed by atoms with Crippen LogP contribution in [0.25, 0.3) is 32.3 Å². The summed E-state index contributed by atoms with van der Waals surface area (Å²) in [6.45, 7) is 1.80. The van der Waals surface area contributed by atoms with Crippen LogP contribution in [0.3, 0.4) is 0 Å². The molecule has 0 aliphatic rings. The van der Waals surface area contributed by atoms with Gasteiger partial charge in [0.1, 0.15) is 22.0 Å². The van der Waals surface area contributed by atoms with Gasteiger partial charge in [-0.05, 0) is 108 Å². The molecule has 8 aromatic carbocycles. The zero-order valence-corrected chi connectivity index (χ0v) is 33.8. The minimum Gasteiger partial charge on any atom is -0.505 e. The number of benzene rings is 8. The molecule has 304 valence electrons. The second kappa shape index (κ2) is 16.3. The number of methoxy groups -OCH3 is 1. The summed E-state index contributed by atoms with van der Waals surface area (Å²) in [6.07, 6.45) is 0. The first-order valence-corrected chi connectivity index (χ1v) is 21.2. The topological polar surface area (TPSA) is 224 Å². The lowest BCUT2D eigenvalue weighted by atomic mass is 10.1. The number of azo groups is 3. The highest BCUT2D eigenvalue weighted by Crippen LogP contribution is 2.42. The van der Waals surface area contributed by atoms with Crippen molar-refractivity contribution in [3.63, 3.8) is 0 Å². The van der Waals surface area contributed by atoms with E-state index in [1.54, 1.807) is 73.7 Å². The molecule has 0 saturated carbocycles. The van der Waals surface area contributed by atoms with Gasteiger partial charge in [0.15, 0.2) is 5.75 Å². The number of hydrogen-bond donors (Lipinski definition) is 4. The molecule has 0 heterocycles. The van der Waals surface area contributed by atoms with Crippen LogP contribution >= 0.6 is 0 Å². The summed E-state index contributed by atoms with van der Waals surface area (Å²) < 4.78 is 73.0. The Bertz CT molecular complexity index is 3360.